The van der Waals surface area contributed by atoms with Crippen LogP contribution in [0.5, 0.6) is 0 Å². The van der Waals surface area contributed by atoms with Gasteiger partial charge in [0.05, 0.1) is 23.9 Å². The van der Waals surface area contributed by atoms with Crippen LogP contribution in [0.2, 0.25) is 5.02 Å². The molecule has 7 heteroatoms. The first-order valence-electron chi connectivity index (χ1n) is 7.37. The molecule has 2 saturated heterocycles. The summed E-state index contributed by atoms with van der Waals surface area (Å²) in [4.78, 5) is 16.6. The predicted molar refractivity (Wildman–Crippen MR) is 79.2 cm³/mol. The summed E-state index contributed by atoms with van der Waals surface area (Å²) in [7, 11) is 2.13. The van der Waals surface area contributed by atoms with Gasteiger partial charge in [0.25, 0.3) is 0 Å². The molecule has 1 aromatic rings. The molecule has 2 unspecified atom stereocenters. The number of nitrogens with zero attached hydrogens (tertiary/aromatic N) is 4. The fourth-order valence-electron chi connectivity index (χ4n) is 3.10. The van der Waals surface area contributed by atoms with Crippen molar-refractivity contribution in [3.05, 3.63) is 17.4 Å². The molecule has 0 aliphatic carbocycles. The molecule has 1 aromatic heterocycles. The van der Waals surface area contributed by atoms with E-state index in [0.29, 0.717) is 17.5 Å². The number of likely N-dealkylation sites (N-methyl/N-ethyl adjacent to an activating group) is 1. The molecule has 0 radical (unpaired) electrons. The summed E-state index contributed by atoms with van der Waals surface area (Å²) in [5.41, 5.74) is 0. The molecule has 0 N–H and O–H groups in total. The molecule has 2 atom stereocenters. The molecule has 0 spiro atoms. The highest BCUT2D eigenvalue weighted by Gasteiger charge is 2.34. The molecule has 21 heavy (non-hydrogen) atoms. The minimum atomic E-state index is 0.0782. The van der Waals surface area contributed by atoms with Crippen molar-refractivity contribution < 1.29 is 9.53 Å². The molecule has 2 aliphatic rings. The van der Waals surface area contributed by atoms with Crippen molar-refractivity contribution in [2.75, 3.05) is 39.8 Å². The number of likely N-dealkylation sites (tertiary alicyclic amines) is 1. The number of rotatable bonds is 2. The van der Waals surface area contributed by atoms with Crippen LogP contribution < -0.4 is 0 Å². The fraction of sp³-hybridized carbons (Fsp3) is 0.714. The highest BCUT2D eigenvalue weighted by atomic mass is 35.5. The van der Waals surface area contributed by atoms with Crippen molar-refractivity contribution in [2.45, 2.75) is 19.1 Å². The van der Waals surface area contributed by atoms with Crippen LogP contribution in [0.1, 0.15) is 6.42 Å². The Labute approximate surface area is 129 Å². The first kappa shape index (κ1) is 14.8. The van der Waals surface area contributed by atoms with Crippen molar-refractivity contribution in [2.24, 2.45) is 5.92 Å². The van der Waals surface area contributed by atoms with E-state index in [2.05, 4.69) is 17.0 Å². The van der Waals surface area contributed by atoms with E-state index < -0.39 is 0 Å². The van der Waals surface area contributed by atoms with Gasteiger partial charge in [-0.1, -0.05) is 11.6 Å². The van der Waals surface area contributed by atoms with Crippen LogP contribution in [0, 0.1) is 5.92 Å². The molecule has 116 valence electrons. The summed E-state index contributed by atoms with van der Waals surface area (Å²) in [6.07, 6.45) is 4.38. The smallest absolute Gasteiger partial charge is 0.244 e. The first-order chi connectivity index (χ1) is 10.1. The van der Waals surface area contributed by atoms with Gasteiger partial charge in [0.1, 0.15) is 6.54 Å². The summed E-state index contributed by atoms with van der Waals surface area (Å²) >= 11 is 5.82. The van der Waals surface area contributed by atoms with Crippen LogP contribution in [0.15, 0.2) is 12.4 Å². The van der Waals surface area contributed by atoms with Crippen LogP contribution in [0.4, 0.5) is 0 Å². The van der Waals surface area contributed by atoms with Gasteiger partial charge in [-0.25, -0.2) is 0 Å². The van der Waals surface area contributed by atoms with Crippen molar-refractivity contribution in [3.8, 4) is 0 Å². The van der Waals surface area contributed by atoms with E-state index >= 15 is 0 Å². The van der Waals surface area contributed by atoms with Gasteiger partial charge >= 0.3 is 0 Å². The van der Waals surface area contributed by atoms with Crippen LogP contribution in [-0.4, -0.2) is 71.4 Å². The number of fused-ring (bicyclic) bond motifs is 1. The Morgan fingerprint density at radius 1 is 1.48 bits per heavy atom. The van der Waals surface area contributed by atoms with Gasteiger partial charge in [-0.2, -0.15) is 5.10 Å². The second-order valence-electron chi connectivity index (χ2n) is 5.92. The number of carbonyl (C=O) groups is 1. The van der Waals surface area contributed by atoms with Crippen LogP contribution in [-0.2, 0) is 16.1 Å². The molecule has 1 amide bonds. The fourth-order valence-corrected chi connectivity index (χ4v) is 3.26. The number of ether oxygens (including phenoxy) is 1. The second-order valence-corrected chi connectivity index (χ2v) is 6.35. The number of hydrogen-bond acceptors (Lipinski definition) is 4. The molecule has 0 aromatic carbocycles. The Hall–Kier alpha value is -1.11. The lowest BCUT2D eigenvalue weighted by Gasteiger charge is -2.37. The number of amides is 1. The zero-order chi connectivity index (χ0) is 14.8. The average Bonchev–Trinajstić information content (AvgIpc) is 2.76. The summed E-state index contributed by atoms with van der Waals surface area (Å²) < 4.78 is 7.51. The summed E-state index contributed by atoms with van der Waals surface area (Å²) in [5.74, 6) is 0.607. The van der Waals surface area contributed by atoms with E-state index in [4.69, 9.17) is 16.3 Å². The summed E-state index contributed by atoms with van der Waals surface area (Å²) in [6.45, 7) is 4.49. The van der Waals surface area contributed by atoms with Crippen molar-refractivity contribution in [1.82, 2.24) is 19.6 Å². The average molecular weight is 313 g/mol. The quantitative estimate of drug-likeness (QED) is 0.807. The third-order valence-corrected chi connectivity index (χ3v) is 4.49. The highest BCUT2D eigenvalue weighted by Crippen LogP contribution is 2.23. The maximum atomic E-state index is 12.4. The van der Waals surface area contributed by atoms with E-state index in [-0.39, 0.29) is 18.6 Å². The van der Waals surface area contributed by atoms with Crippen LogP contribution in [0.25, 0.3) is 0 Å². The predicted octanol–water partition coefficient (Wildman–Crippen LogP) is 0.716. The van der Waals surface area contributed by atoms with E-state index in [1.807, 2.05) is 4.90 Å². The normalized spacial score (nSPS) is 27.2. The molecular formula is C14H21ClN4O2. The zero-order valence-corrected chi connectivity index (χ0v) is 13.0. The van der Waals surface area contributed by atoms with Gasteiger partial charge in [-0.3, -0.25) is 9.48 Å². The molecule has 0 saturated carbocycles. The van der Waals surface area contributed by atoms with Crippen molar-refractivity contribution >= 4 is 17.5 Å². The maximum absolute atomic E-state index is 12.4. The number of piperidine rings is 1. The van der Waals surface area contributed by atoms with Gasteiger partial charge in [-0.05, 0) is 13.5 Å². The number of carbonyl (C=O) groups excluding carboxylic acids is 1. The lowest BCUT2D eigenvalue weighted by molar-refractivity contribution is -0.137. The monoisotopic (exact) mass is 312 g/mol. The van der Waals surface area contributed by atoms with Gasteiger partial charge in [0, 0.05) is 38.3 Å². The standard InChI is InChI=1S/C14H21ClN4O2/c1-17-4-5-21-13-9-18(3-2-11(13)7-17)14(20)10-19-8-12(15)6-16-19/h6,8,11,13H,2-5,7,9-10H2,1H3. The lowest BCUT2D eigenvalue weighted by Crippen LogP contribution is -2.49. The summed E-state index contributed by atoms with van der Waals surface area (Å²) in [5, 5.41) is 4.61. The van der Waals surface area contributed by atoms with E-state index in [1.54, 1.807) is 17.1 Å². The minimum Gasteiger partial charge on any atom is -0.375 e. The first-order valence-corrected chi connectivity index (χ1v) is 7.75. The summed E-state index contributed by atoms with van der Waals surface area (Å²) in [6, 6.07) is 0. The number of halogens is 1. The van der Waals surface area contributed by atoms with E-state index in [1.165, 1.54) is 0 Å². The maximum Gasteiger partial charge on any atom is 0.244 e. The van der Waals surface area contributed by atoms with Gasteiger partial charge in [0.15, 0.2) is 0 Å². The Balaban J connectivity index is 1.59. The molecule has 2 fully saturated rings. The molecule has 3 heterocycles. The lowest BCUT2D eigenvalue weighted by atomic mass is 9.93. The molecule has 2 aliphatic heterocycles. The number of aromatic nitrogens is 2. The Bertz CT molecular complexity index is 507. The minimum absolute atomic E-state index is 0.0782. The van der Waals surface area contributed by atoms with E-state index in [9.17, 15) is 4.79 Å². The Morgan fingerprint density at radius 2 is 2.33 bits per heavy atom. The second kappa shape index (κ2) is 6.34. The topological polar surface area (TPSA) is 50.6 Å². The van der Waals surface area contributed by atoms with Gasteiger partial charge in [-0.15, -0.1) is 0 Å². The molecule has 0 bridgehead atoms. The van der Waals surface area contributed by atoms with Crippen LogP contribution >= 0.6 is 11.6 Å². The van der Waals surface area contributed by atoms with Crippen molar-refractivity contribution in [1.29, 1.82) is 0 Å². The van der Waals surface area contributed by atoms with E-state index in [0.717, 1.165) is 32.7 Å². The third kappa shape index (κ3) is 3.56. The Kier molecular flexibility index (Phi) is 4.47. The van der Waals surface area contributed by atoms with Crippen molar-refractivity contribution in [3.63, 3.8) is 0 Å². The molecule has 6 nitrogen and oxygen atoms in total. The van der Waals surface area contributed by atoms with Crippen LogP contribution in [0.3, 0.4) is 0 Å². The molecule has 3 rings (SSSR count). The van der Waals surface area contributed by atoms with Gasteiger partial charge < -0.3 is 14.5 Å². The SMILES string of the molecule is CN1CCOC2CN(C(=O)Cn3cc(Cl)cn3)CCC2C1. The highest BCUT2D eigenvalue weighted by molar-refractivity contribution is 6.30. The molecular weight excluding hydrogens is 292 g/mol. The van der Waals surface area contributed by atoms with Gasteiger partial charge in [0.2, 0.25) is 5.91 Å². The Morgan fingerprint density at radius 3 is 3.10 bits per heavy atom. The largest absolute Gasteiger partial charge is 0.375 e. The number of hydrogen-bond donors (Lipinski definition) is 0. The third-order valence-electron chi connectivity index (χ3n) is 4.30. The zero-order valence-electron chi connectivity index (χ0n) is 12.2.